The molecule has 0 spiro atoms. The second kappa shape index (κ2) is 8.81. The lowest BCUT2D eigenvalue weighted by Crippen LogP contribution is -1.63. The highest BCUT2D eigenvalue weighted by molar-refractivity contribution is 6.31. The summed E-state index contributed by atoms with van der Waals surface area (Å²) in [5.74, 6) is 0. The minimum absolute atomic E-state index is 0.530. The van der Waals surface area contributed by atoms with Crippen molar-refractivity contribution in [2.75, 3.05) is 0 Å². The Morgan fingerprint density at radius 2 is 1.35 bits per heavy atom. The summed E-state index contributed by atoms with van der Waals surface area (Å²) in [5, 5.41) is 1.20. The summed E-state index contributed by atoms with van der Waals surface area (Å²) in [5.41, 5.74) is 1.10. The normalized spacial score (nSPS) is 8.50. The third-order valence-electron chi connectivity index (χ3n) is 1.98. The van der Waals surface area contributed by atoms with Gasteiger partial charge in [0.1, 0.15) is 0 Å². The zero-order valence-electron chi connectivity index (χ0n) is 10.1. The third kappa shape index (κ3) is 6.10. The molecule has 2 rings (SSSR count). The van der Waals surface area contributed by atoms with Crippen molar-refractivity contribution in [2.45, 2.75) is 0 Å². The largest absolute Gasteiger partial charge is 0.240 e. The lowest BCUT2D eigenvalue weighted by molar-refractivity contribution is 0.564. The molecule has 100 valence electrons. The van der Waals surface area contributed by atoms with Crippen LogP contribution in [0.2, 0.25) is 10.0 Å². The van der Waals surface area contributed by atoms with Gasteiger partial charge in [-0.05, 0) is 42.5 Å². The Balaban J connectivity index is 0.000000200. The fraction of sp³-hybridized carbons (Fsp3) is 0. The maximum atomic E-state index is 9.75. The first-order valence-corrected chi connectivity index (χ1v) is 6.08. The second-order valence-electron chi connectivity index (χ2n) is 3.36. The first-order valence-electron chi connectivity index (χ1n) is 5.32. The Labute approximate surface area is 125 Å². The molecular formula is C14H8Cl2N2O2. The van der Waals surface area contributed by atoms with E-state index in [1.807, 2.05) is 0 Å². The summed E-state index contributed by atoms with van der Waals surface area (Å²) in [6.45, 7) is 0. The molecule has 0 bridgehead atoms. The number of aliphatic imine (C=N–C) groups is 2. The molecule has 0 saturated heterocycles. The van der Waals surface area contributed by atoms with Crippen LogP contribution in [0.15, 0.2) is 58.5 Å². The minimum Gasteiger partial charge on any atom is -0.211 e. The zero-order valence-corrected chi connectivity index (χ0v) is 11.6. The molecule has 0 aliphatic carbocycles. The Kier molecular flexibility index (Phi) is 6.97. The van der Waals surface area contributed by atoms with Crippen molar-refractivity contribution in [1.29, 1.82) is 0 Å². The van der Waals surface area contributed by atoms with Gasteiger partial charge in [0.15, 0.2) is 0 Å². The molecule has 0 amide bonds. The van der Waals surface area contributed by atoms with Crippen LogP contribution in [0.3, 0.4) is 0 Å². The van der Waals surface area contributed by atoms with E-state index < -0.39 is 0 Å². The predicted octanol–water partition coefficient (Wildman–Crippen LogP) is 4.61. The molecule has 20 heavy (non-hydrogen) atoms. The summed E-state index contributed by atoms with van der Waals surface area (Å²) in [6.07, 6.45) is 2.86. The van der Waals surface area contributed by atoms with Crippen LogP contribution in [0.1, 0.15) is 0 Å². The van der Waals surface area contributed by atoms with Gasteiger partial charge in [-0.25, -0.2) is 9.59 Å². The molecule has 0 radical (unpaired) electrons. The van der Waals surface area contributed by atoms with E-state index in [1.54, 1.807) is 48.5 Å². The van der Waals surface area contributed by atoms with Crippen LogP contribution in [0.25, 0.3) is 0 Å². The summed E-state index contributed by atoms with van der Waals surface area (Å²) in [6, 6.07) is 13.3. The molecule has 0 aliphatic rings. The second-order valence-corrected chi connectivity index (χ2v) is 4.24. The van der Waals surface area contributed by atoms with Crippen LogP contribution in [0.5, 0.6) is 0 Å². The molecule has 0 heterocycles. The van der Waals surface area contributed by atoms with Gasteiger partial charge in [-0.3, -0.25) is 0 Å². The van der Waals surface area contributed by atoms with Crippen LogP contribution < -0.4 is 0 Å². The molecule has 0 unspecified atom stereocenters. The number of hydrogen-bond donors (Lipinski definition) is 0. The van der Waals surface area contributed by atoms with Gasteiger partial charge in [-0.2, -0.15) is 9.98 Å². The van der Waals surface area contributed by atoms with Gasteiger partial charge in [-0.15, -0.1) is 0 Å². The Morgan fingerprint density at radius 3 is 1.90 bits per heavy atom. The van der Waals surface area contributed by atoms with Gasteiger partial charge < -0.3 is 0 Å². The number of isocyanates is 2. The van der Waals surface area contributed by atoms with E-state index in [0.29, 0.717) is 21.4 Å². The number of benzene rings is 2. The maximum absolute atomic E-state index is 9.75. The number of nitrogens with zero attached hydrogens (tertiary/aromatic N) is 2. The van der Waals surface area contributed by atoms with E-state index in [9.17, 15) is 9.59 Å². The van der Waals surface area contributed by atoms with Gasteiger partial charge in [0.05, 0.1) is 11.4 Å². The van der Waals surface area contributed by atoms with Crippen LogP contribution >= 0.6 is 23.2 Å². The number of hydrogen-bond acceptors (Lipinski definition) is 4. The average molecular weight is 307 g/mol. The molecule has 0 aliphatic heterocycles. The molecule has 6 heteroatoms. The van der Waals surface area contributed by atoms with E-state index in [4.69, 9.17) is 23.2 Å². The number of carbonyl (C=O) groups excluding carboxylic acids is 2. The summed E-state index contributed by atoms with van der Waals surface area (Å²) < 4.78 is 0. The van der Waals surface area contributed by atoms with Crippen molar-refractivity contribution in [2.24, 2.45) is 9.98 Å². The number of halogens is 2. The Bertz CT molecular complexity index is 659. The van der Waals surface area contributed by atoms with Crippen LogP contribution in [-0.4, -0.2) is 12.2 Å². The summed E-state index contributed by atoms with van der Waals surface area (Å²) in [7, 11) is 0. The molecule has 0 saturated carbocycles. The highest BCUT2D eigenvalue weighted by Crippen LogP contribution is 2.16. The van der Waals surface area contributed by atoms with Crippen LogP contribution in [0.4, 0.5) is 11.4 Å². The Hall–Kier alpha value is -2.22. The first-order chi connectivity index (χ1) is 9.65. The minimum atomic E-state index is 0.530. The molecule has 4 nitrogen and oxygen atoms in total. The fourth-order valence-electron chi connectivity index (χ4n) is 1.17. The smallest absolute Gasteiger partial charge is 0.211 e. The molecular weight excluding hydrogens is 299 g/mol. The third-order valence-corrected chi connectivity index (χ3v) is 2.47. The predicted molar refractivity (Wildman–Crippen MR) is 78.5 cm³/mol. The molecule has 0 fully saturated rings. The fourth-order valence-corrected chi connectivity index (χ4v) is 1.48. The molecule has 2 aromatic rings. The topological polar surface area (TPSA) is 58.9 Å². The van der Waals surface area contributed by atoms with E-state index in [1.165, 1.54) is 12.2 Å². The Morgan fingerprint density at radius 1 is 0.750 bits per heavy atom. The van der Waals surface area contributed by atoms with E-state index in [0.717, 1.165) is 0 Å². The molecule has 2 aromatic carbocycles. The standard InChI is InChI=1S/2C7H4ClNO/c8-6-1-3-7(4-2-6)9-5-10;8-6-2-1-3-7(4-6)9-5-10/h2*1-4H. The van der Waals surface area contributed by atoms with Crippen molar-refractivity contribution in [3.63, 3.8) is 0 Å². The number of rotatable bonds is 2. The van der Waals surface area contributed by atoms with E-state index >= 15 is 0 Å². The maximum Gasteiger partial charge on any atom is 0.240 e. The van der Waals surface area contributed by atoms with Gasteiger partial charge in [-0.1, -0.05) is 29.3 Å². The van der Waals surface area contributed by atoms with Crippen molar-refractivity contribution in [3.05, 3.63) is 58.6 Å². The lowest BCUT2D eigenvalue weighted by Gasteiger charge is -1.88. The van der Waals surface area contributed by atoms with Crippen molar-refractivity contribution < 1.29 is 9.59 Å². The highest BCUT2D eigenvalue weighted by atomic mass is 35.5. The zero-order chi connectivity index (χ0) is 14.8. The monoisotopic (exact) mass is 306 g/mol. The van der Waals surface area contributed by atoms with Crippen molar-refractivity contribution >= 4 is 46.7 Å². The molecule has 0 N–H and O–H groups in total. The summed E-state index contributed by atoms with van der Waals surface area (Å²) >= 11 is 11.2. The highest BCUT2D eigenvalue weighted by Gasteiger charge is 1.88. The lowest BCUT2D eigenvalue weighted by atomic mass is 10.3. The summed E-state index contributed by atoms with van der Waals surface area (Å²) in [4.78, 5) is 26.2. The van der Waals surface area contributed by atoms with Crippen molar-refractivity contribution in [3.8, 4) is 0 Å². The van der Waals surface area contributed by atoms with Crippen molar-refractivity contribution in [1.82, 2.24) is 0 Å². The quantitative estimate of drug-likeness (QED) is 0.600. The van der Waals surface area contributed by atoms with E-state index in [-0.39, 0.29) is 0 Å². The first kappa shape index (κ1) is 15.8. The van der Waals surface area contributed by atoms with Gasteiger partial charge in [0.2, 0.25) is 12.2 Å². The molecule has 0 aromatic heterocycles. The van der Waals surface area contributed by atoms with Crippen LogP contribution in [-0.2, 0) is 9.59 Å². The van der Waals surface area contributed by atoms with Gasteiger partial charge in [0, 0.05) is 10.0 Å². The average Bonchev–Trinajstić information content (AvgIpc) is 2.43. The SMILES string of the molecule is O=C=Nc1ccc(Cl)cc1.O=C=Nc1cccc(Cl)c1. The van der Waals surface area contributed by atoms with Gasteiger partial charge >= 0.3 is 0 Å². The van der Waals surface area contributed by atoms with Crippen LogP contribution in [0, 0.1) is 0 Å². The molecule has 0 atom stereocenters. The van der Waals surface area contributed by atoms with E-state index in [2.05, 4.69) is 9.98 Å². The van der Waals surface area contributed by atoms with Gasteiger partial charge in [0.25, 0.3) is 0 Å².